The van der Waals surface area contributed by atoms with Crippen LogP contribution in [0.1, 0.15) is 54.4 Å². The van der Waals surface area contributed by atoms with E-state index in [9.17, 15) is 9.59 Å². The Morgan fingerprint density at radius 1 is 1.00 bits per heavy atom. The Bertz CT molecular complexity index is 1070. The van der Waals surface area contributed by atoms with Crippen molar-refractivity contribution in [3.05, 3.63) is 65.7 Å². The van der Waals surface area contributed by atoms with Crippen LogP contribution in [-0.4, -0.2) is 49.1 Å². The summed E-state index contributed by atoms with van der Waals surface area (Å²) in [5.41, 5.74) is 2.92. The van der Waals surface area contributed by atoms with E-state index in [1.165, 1.54) is 12.7 Å². The summed E-state index contributed by atoms with van der Waals surface area (Å²) in [6, 6.07) is 18.6. The maximum atomic E-state index is 13.8. The van der Waals surface area contributed by atoms with Crippen molar-refractivity contribution in [2.45, 2.75) is 56.0 Å². The predicted molar refractivity (Wildman–Crippen MR) is 123 cm³/mol. The number of hydrogen-bond acceptors (Lipinski definition) is 4. The Kier molecular flexibility index (Phi) is 4.48. The molecule has 5 nitrogen and oxygen atoms in total. The lowest BCUT2D eigenvalue weighted by Gasteiger charge is -2.58. The number of carbonyl (C=O) groups is 2. The van der Waals surface area contributed by atoms with Crippen molar-refractivity contribution in [2.75, 3.05) is 25.1 Å². The molecule has 1 saturated carbocycles. The van der Waals surface area contributed by atoms with E-state index >= 15 is 0 Å². The quantitative estimate of drug-likeness (QED) is 0.686. The molecule has 0 aromatic heterocycles. The fourth-order valence-electron chi connectivity index (χ4n) is 7.83. The molecular weight excluding hydrogens is 400 g/mol. The van der Waals surface area contributed by atoms with Gasteiger partial charge in [-0.05, 0) is 74.4 Å². The smallest absolute Gasteiger partial charge is 0.306 e. The Balaban J connectivity index is 1.50. The van der Waals surface area contributed by atoms with Gasteiger partial charge in [-0.15, -0.1) is 0 Å². The second-order valence-corrected chi connectivity index (χ2v) is 10.1. The fraction of sp³-hybridized carbons (Fsp3) is 0.481. The molecule has 2 aromatic rings. The molecule has 3 heterocycles. The van der Waals surface area contributed by atoms with Crippen molar-refractivity contribution >= 4 is 17.6 Å². The first-order chi connectivity index (χ1) is 15.6. The maximum absolute atomic E-state index is 13.8. The Labute approximate surface area is 189 Å². The summed E-state index contributed by atoms with van der Waals surface area (Å²) in [6.45, 7) is 2.11. The average molecular weight is 431 g/mol. The van der Waals surface area contributed by atoms with Gasteiger partial charge in [-0.1, -0.05) is 36.4 Å². The van der Waals surface area contributed by atoms with Gasteiger partial charge < -0.3 is 9.64 Å². The molecule has 2 saturated heterocycles. The number of fused-ring (bicyclic) bond motifs is 1. The third-order valence-electron chi connectivity index (χ3n) is 8.82. The molecule has 0 N–H and O–H groups in total. The van der Waals surface area contributed by atoms with Crippen molar-refractivity contribution in [1.82, 2.24) is 4.90 Å². The van der Waals surface area contributed by atoms with Crippen molar-refractivity contribution in [1.29, 1.82) is 0 Å². The largest absolute Gasteiger partial charge is 0.469 e. The lowest BCUT2D eigenvalue weighted by atomic mass is 9.52. The number of nitrogens with zero attached hydrogens (tertiary/aromatic N) is 2. The van der Waals surface area contributed by atoms with E-state index < -0.39 is 0 Å². The number of anilines is 1. The number of benzene rings is 2. The number of esters is 1. The van der Waals surface area contributed by atoms with Crippen LogP contribution in [0.4, 0.5) is 5.69 Å². The normalized spacial score (nSPS) is 32.7. The topological polar surface area (TPSA) is 49.9 Å². The van der Waals surface area contributed by atoms with E-state index in [1.807, 2.05) is 36.4 Å². The van der Waals surface area contributed by atoms with Gasteiger partial charge in [-0.3, -0.25) is 14.5 Å². The number of ether oxygens (including phenoxy) is 1. The molecule has 0 bridgehead atoms. The van der Waals surface area contributed by atoms with Crippen LogP contribution in [0.5, 0.6) is 0 Å². The second-order valence-electron chi connectivity index (χ2n) is 10.1. The van der Waals surface area contributed by atoms with Crippen molar-refractivity contribution in [3.8, 4) is 0 Å². The molecule has 1 aliphatic carbocycles. The Morgan fingerprint density at radius 2 is 1.78 bits per heavy atom. The summed E-state index contributed by atoms with van der Waals surface area (Å²) in [5.74, 6) is -0.00879. The number of carbonyl (C=O) groups excluding carboxylic acids is 2. The summed E-state index contributed by atoms with van der Waals surface area (Å²) in [6.07, 6.45) is 5.60. The van der Waals surface area contributed by atoms with Crippen LogP contribution in [0.15, 0.2) is 54.6 Å². The fourth-order valence-corrected chi connectivity index (χ4v) is 7.83. The van der Waals surface area contributed by atoms with E-state index in [4.69, 9.17) is 4.74 Å². The molecule has 32 heavy (non-hydrogen) atoms. The predicted octanol–water partition coefficient (Wildman–Crippen LogP) is 4.16. The van der Waals surface area contributed by atoms with E-state index in [0.717, 1.165) is 56.4 Å². The zero-order valence-electron chi connectivity index (χ0n) is 18.6. The molecule has 1 spiro atoms. The third kappa shape index (κ3) is 2.54. The number of piperidine rings is 1. The number of hydrogen-bond donors (Lipinski definition) is 0. The number of rotatable bonds is 3. The highest BCUT2D eigenvalue weighted by atomic mass is 16.5. The molecule has 2 aromatic carbocycles. The van der Waals surface area contributed by atoms with Crippen LogP contribution in [-0.2, 0) is 14.9 Å². The lowest BCUT2D eigenvalue weighted by molar-refractivity contribution is -0.148. The summed E-state index contributed by atoms with van der Waals surface area (Å²) in [5, 5.41) is 0. The number of amides is 1. The highest BCUT2D eigenvalue weighted by molar-refractivity contribution is 6.08. The third-order valence-corrected chi connectivity index (χ3v) is 8.82. The molecule has 6 rings (SSSR count). The van der Waals surface area contributed by atoms with E-state index in [2.05, 4.69) is 28.0 Å². The van der Waals surface area contributed by atoms with Crippen molar-refractivity contribution in [2.24, 2.45) is 5.41 Å². The summed E-state index contributed by atoms with van der Waals surface area (Å²) in [7, 11) is 1.50. The first-order valence-electron chi connectivity index (χ1n) is 11.9. The van der Waals surface area contributed by atoms with Gasteiger partial charge in [-0.25, -0.2) is 0 Å². The molecule has 0 unspecified atom stereocenters. The van der Waals surface area contributed by atoms with Crippen LogP contribution < -0.4 is 4.90 Å². The van der Waals surface area contributed by atoms with Crippen molar-refractivity contribution < 1.29 is 14.3 Å². The Hall–Kier alpha value is -2.66. The molecule has 1 amide bonds. The molecule has 5 heteroatoms. The van der Waals surface area contributed by atoms with Crippen LogP contribution >= 0.6 is 0 Å². The van der Waals surface area contributed by atoms with Gasteiger partial charge in [0.05, 0.1) is 13.5 Å². The minimum absolute atomic E-state index is 0.0722. The minimum atomic E-state index is -0.117. The zero-order chi connectivity index (χ0) is 21.9. The van der Waals surface area contributed by atoms with Crippen LogP contribution in [0.3, 0.4) is 0 Å². The van der Waals surface area contributed by atoms with Gasteiger partial charge in [0, 0.05) is 28.7 Å². The van der Waals surface area contributed by atoms with Gasteiger partial charge in [0.1, 0.15) is 0 Å². The van der Waals surface area contributed by atoms with E-state index in [0.29, 0.717) is 6.42 Å². The minimum Gasteiger partial charge on any atom is -0.469 e. The number of para-hydroxylation sites is 1. The standard InChI is InChI=1S/C27H30N2O3/c1-32-23(30)18-26-13-7-16-28-17-15-27(25(26)28)20-10-5-6-11-21(20)29(22(27)12-14-26)24(31)19-8-3-2-4-9-19/h2-6,8-11,22,25H,7,12-18H2,1H3/t22-,25-,26+,27-/m0/s1. The summed E-state index contributed by atoms with van der Waals surface area (Å²) in [4.78, 5) is 31.1. The molecule has 4 atom stereocenters. The maximum Gasteiger partial charge on any atom is 0.306 e. The van der Waals surface area contributed by atoms with Gasteiger partial charge >= 0.3 is 5.97 Å². The average Bonchev–Trinajstić information content (AvgIpc) is 3.37. The lowest BCUT2D eigenvalue weighted by Crippen LogP contribution is -2.65. The van der Waals surface area contributed by atoms with Crippen LogP contribution in [0.25, 0.3) is 0 Å². The zero-order valence-corrected chi connectivity index (χ0v) is 18.6. The molecule has 3 fully saturated rings. The second kappa shape index (κ2) is 7.17. The van der Waals surface area contributed by atoms with Crippen LogP contribution in [0.2, 0.25) is 0 Å². The molecule has 3 aliphatic heterocycles. The highest BCUT2D eigenvalue weighted by Crippen LogP contribution is 2.65. The van der Waals surface area contributed by atoms with Gasteiger partial charge in [-0.2, -0.15) is 0 Å². The Morgan fingerprint density at radius 3 is 2.59 bits per heavy atom. The summed E-state index contributed by atoms with van der Waals surface area (Å²) < 4.78 is 5.16. The summed E-state index contributed by atoms with van der Waals surface area (Å²) >= 11 is 0. The SMILES string of the molecule is COC(=O)C[C@@]12CCCN3CC[C@@]4(c5ccccc5N(C(=O)c5ccccc5)[C@H]4CC1)[C@@H]32. The molecule has 0 radical (unpaired) electrons. The number of methoxy groups -OCH3 is 1. The first-order valence-corrected chi connectivity index (χ1v) is 11.9. The van der Waals surface area contributed by atoms with E-state index in [-0.39, 0.29) is 34.8 Å². The molecule has 4 aliphatic rings. The first kappa shape index (κ1) is 20.0. The highest BCUT2D eigenvalue weighted by Gasteiger charge is 2.69. The van der Waals surface area contributed by atoms with E-state index in [1.54, 1.807) is 0 Å². The van der Waals surface area contributed by atoms with Crippen LogP contribution in [0, 0.1) is 5.41 Å². The monoisotopic (exact) mass is 430 g/mol. The van der Waals surface area contributed by atoms with Gasteiger partial charge in [0.25, 0.3) is 5.91 Å². The molecule has 166 valence electrons. The van der Waals surface area contributed by atoms with Gasteiger partial charge in [0.2, 0.25) is 0 Å². The molecular formula is C27H30N2O3. The van der Waals surface area contributed by atoms with Crippen molar-refractivity contribution in [3.63, 3.8) is 0 Å². The van der Waals surface area contributed by atoms with Gasteiger partial charge in [0.15, 0.2) is 0 Å².